The van der Waals surface area contributed by atoms with Gasteiger partial charge in [0.05, 0.1) is 13.2 Å². The predicted molar refractivity (Wildman–Crippen MR) is 117 cm³/mol. The fraction of sp³-hybridized carbons (Fsp3) is 0.667. The number of amides is 1. The number of hydrogen-bond donors (Lipinski definition) is 3. The van der Waals surface area contributed by atoms with Crippen LogP contribution in [0.3, 0.4) is 0 Å². The summed E-state index contributed by atoms with van der Waals surface area (Å²) in [5.41, 5.74) is 1.06. The van der Waals surface area contributed by atoms with Crippen LogP contribution in [0.1, 0.15) is 32.3 Å². The predicted octanol–water partition coefficient (Wildman–Crippen LogP) is 1.63. The van der Waals surface area contributed by atoms with Gasteiger partial charge in [-0.2, -0.15) is 0 Å². The van der Waals surface area contributed by atoms with E-state index in [1.54, 1.807) is 13.2 Å². The quantitative estimate of drug-likeness (QED) is 0.428. The number of aliphatic imine (C=N–C) groups is 1. The van der Waals surface area contributed by atoms with Crippen LogP contribution in [0.25, 0.3) is 0 Å². The number of nitrogens with one attached hydrogen (secondary N) is 3. The number of hydrogen-bond acceptors (Lipinski definition) is 5. The first-order chi connectivity index (χ1) is 14.0. The van der Waals surface area contributed by atoms with E-state index in [9.17, 15) is 4.79 Å². The number of ether oxygens (including phenoxy) is 1. The van der Waals surface area contributed by atoms with E-state index >= 15 is 0 Å². The van der Waals surface area contributed by atoms with E-state index in [0.29, 0.717) is 36.7 Å². The highest BCUT2D eigenvalue weighted by Crippen LogP contribution is 2.13. The Kier molecular flexibility index (Phi) is 9.87. The number of aryl methyl sites for hydroxylation is 1. The van der Waals surface area contributed by atoms with Crippen LogP contribution in [0.15, 0.2) is 23.3 Å². The van der Waals surface area contributed by atoms with Gasteiger partial charge in [-0.05, 0) is 30.9 Å². The van der Waals surface area contributed by atoms with Gasteiger partial charge in [-0.1, -0.05) is 19.9 Å². The Morgan fingerprint density at radius 1 is 1.28 bits per heavy atom. The Morgan fingerprint density at radius 2 is 2.03 bits per heavy atom. The Labute approximate surface area is 174 Å². The molecule has 0 radical (unpaired) electrons. The van der Waals surface area contributed by atoms with Crippen LogP contribution in [0.4, 0.5) is 5.82 Å². The molecule has 1 saturated heterocycles. The number of rotatable bonds is 9. The van der Waals surface area contributed by atoms with Crippen LogP contribution in [-0.4, -0.2) is 74.2 Å². The van der Waals surface area contributed by atoms with Gasteiger partial charge in [0.1, 0.15) is 5.82 Å². The molecule has 3 N–H and O–H groups in total. The lowest BCUT2D eigenvalue weighted by Gasteiger charge is -2.35. The Balaban J connectivity index is 1.73. The van der Waals surface area contributed by atoms with Gasteiger partial charge in [0, 0.05) is 51.9 Å². The van der Waals surface area contributed by atoms with Crippen LogP contribution in [-0.2, 0) is 9.53 Å². The number of carbonyl (C=O) groups is 1. The number of carbonyl (C=O) groups excluding carboxylic acids is 1. The van der Waals surface area contributed by atoms with Gasteiger partial charge in [0.15, 0.2) is 5.96 Å². The van der Waals surface area contributed by atoms with Crippen molar-refractivity contribution in [3.05, 3.63) is 23.9 Å². The van der Waals surface area contributed by atoms with Gasteiger partial charge >= 0.3 is 0 Å². The standard InChI is InChI=1S/C21H36N6O2/c1-16(2)13-18(27-9-11-29-12-10-27)15-25-21(22-4)23-8-7-20(28)26-19-6-5-17(3)14-24-19/h5-6,14,16,18H,7-13,15H2,1-4H3,(H2,22,23,25)(H,24,26,28). The monoisotopic (exact) mass is 404 g/mol. The Morgan fingerprint density at radius 3 is 2.66 bits per heavy atom. The average molecular weight is 405 g/mol. The van der Waals surface area contributed by atoms with E-state index in [-0.39, 0.29) is 5.91 Å². The third-order valence-corrected chi connectivity index (χ3v) is 4.86. The van der Waals surface area contributed by atoms with Crippen molar-refractivity contribution in [1.82, 2.24) is 20.5 Å². The maximum Gasteiger partial charge on any atom is 0.227 e. The summed E-state index contributed by atoms with van der Waals surface area (Å²) in [5, 5.41) is 9.44. The lowest BCUT2D eigenvalue weighted by molar-refractivity contribution is -0.116. The lowest BCUT2D eigenvalue weighted by Crippen LogP contribution is -2.51. The summed E-state index contributed by atoms with van der Waals surface area (Å²) in [6, 6.07) is 4.17. The number of guanidine groups is 1. The molecule has 162 valence electrons. The maximum absolute atomic E-state index is 12.1. The zero-order valence-corrected chi connectivity index (χ0v) is 18.2. The van der Waals surface area contributed by atoms with E-state index in [4.69, 9.17) is 4.74 Å². The molecule has 1 aliphatic rings. The van der Waals surface area contributed by atoms with Gasteiger partial charge in [-0.15, -0.1) is 0 Å². The maximum atomic E-state index is 12.1. The molecule has 1 aliphatic heterocycles. The minimum absolute atomic E-state index is 0.0738. The number of morpholine rings is 1. The molecule has 0 spiro atoms. The summed E-state index contributed by atoms with van der Waals surface area (Å²) in [7, 11) is 1.75. The van der Waals surface area contributed by atoms with E-state index in [0.717, 1.165) is 44.8 Å². The topological polar surface area (TPSA) is 90.9 Å². The van der Waals surface area contributed by atoms with E-state index in [1.165, 1.54) is 0 Å². The molecule has 8 heteroatoms. The normalized spacial score (nSPS) is 16.5. The first-order valence-electron chi connectivity index (χ1n) is 10.5. The number of anilines is 1. The van der Waals surface area contributed by atoms with Crippen molar-refractivity contribution in [3.8, 4) is 0 Å². The van der Waals surface area contributed by atoms with Crippen molar-refractivity contribution >= 4 is 17.7 Å². The minimum Gasteiger partial charge on any atom is -0.379 e. The molecule has 1 atom stereocenters. The van der Waals surface area contributed by atoms with Gasteiger partial charge in [-0.25, -0.2) is 4.98 Å². The highest BCUT2D eigenvalue weighted by molar-refractivity contribution is 5.90. The van der Waals surface area contributed by atoms with Crippen LogP contribution >= 0.6 is 0 Å². The fourth-order valence-electron chi connectivity index (χ4n) is 3.32. The second-order valence-electron chi connectivity index (χ2n) is 7.83. The summed E-state index contributed by atoms with van der Waals surface area (Å²) >= 11 is 0. The lowest BCUT2D eigenvalue weighted by atomic mass is 10.0. The summed E-state index contributed by atoms with van der Waals surface area (Å²) in [4.78, 5) is 23.1. The molecule has 1 amide bonds. The Hall–Kier alpha value is -2.19. The molecule has 0 saturated carbocycles. The highest BCUT2D eigenvalue weighted by Gasteiger charge is 2.22. The molecule has 0 aromatic carbocycles. The molecular formula is C21H36N6O2. The molecule has 2 rings (SSSR count). The van der Waals surface area contributed by atoms with Gasteiger partial charge in [0.25, 0.3) is 0 Å². The van der Waals surface area contributed by atoms with E-state index < -0.39 is 0 Å². The largest absolute Gasteiger partial charge is 0.379 e. The van der Waals surface area contributed by atoms with Crippen molar-refractivity contribution in [1.29, 1.82) is 0 Å². The second-order valence-corrected chi connectivity index (χ2v) is 7.83. The molecule has 1 aromatic rings. The average Bonchev–Trinajstić information content (AvgIpc) is 2.71. The molecule has 0 bridgehead atoms. The first-order valence-corrected chi connectivity index (χ1v) is 10.5. The zero-order chi connectivity index (χ0) is 21.1. The third kappa shape index (κ3) is 8.79. The van der Waals surface area contributed by atoms with Gasteiger partial charge in [-0.3, -0.25) is 14.7 Å². The van der Waals surface area contributed by atoms with Crippen LogP contribution in [0, 0.1) is 12.8 Å². The van der Waals surface area contributed by atoms with Crippen molar-refractivity contribution < 1.29 is 9.53 Å². The first kappa shape index (κ1) is 23.1. The molecule has 2 heterocycles. The van der Waals surface area contributed by atoms with E-state index in [2.05, 4.69) is 44.7 Å². The van der Waals surface area contributed by atoms with Crippen LogP contribution in [0.5, 0.6) is 0 Å². The fourth-order valence-corrected chi connectivity index (χ4v) is 3.32. The van der Waals surface area contributed by atoms with Gasteiger partial charge < -0.3 is 20.7 Å². The second kappa shape index (κ2) is 12.4. The summed E-state index contributed by atoms with van der Waals surface area (Å²) in [5.74, 6) is 1.84. The summed E-state index contributed by atoms with van der Waals surface area (Å²) < 4.78 is 5.49. The SMILES string of the molecule is CN=C(NCCC(=O)Nc1ccc(C)cn1)NCC(CC(C)C)N1CCOCC1. The molecule has 29 heavy (non-hydrogen) atoms. The van der Waals surface area contributed by atoms with Crippen molar-refractivity contribution in [2.45, 2.75) is 39.7 Å². The molecule has 8 nitrogen and oxygen atoms in total. The minimum atomic E-state index is -0.0738. The van der Waals surface area contributed by atoms with E-state index in [1.807, 2.05) is 19.1 Å². The van der Waals surface area contributed by atoms with Crippen LogP contribution < -0.4 is 16.0 Å². The molecule has 1 unspecified atom stereocenters. The van der Waals surface area contributed by atoms with Crippen molar-refractivity contribution in [3.63, 3.8) is 0 Å². The smallest absolute Gasteiger partial charge is 0.227 e. The molecular weight excluding hydrogens is 368 g/mol. The molecule has 1 fully saturated rings. The van der Waals surface area contributed by atoms with Crippen molar-refractivity contribution in [2.75, 3.05) is 51.8 Å². The summed E-state index contributed by atoms with van der Waals surface area (Å²) in [6.07, 6.45) is 3.20. The van der Waals surface area contributed by atoms with Crippen LogP contribution in [0.2, 0.25) is 0 Å². The van der Waals surface area contributed by atoms with Gasteiger partial charge in [0.2, 0.25) is 5.91 Å². The third-order valence-electron chi connectivity index (χ3n) is 4.86. The number of aromatic nitrogens is 1. The number of pyridine rings is 1. The zero-order valence-electron chi connectivity index (χ0n) is 18.2. The number of nitrogens with zero attached hydrogens (tertiary/aromatic N) is 3. The highest BCUT2D eigenvalue weighted by atomic mass is 16.5. The Bertz CT molecular complexity index is 641. The van der Waals surface area contributed by atoms with Crippen molar-refractivity contribution in [2.24, 2.45) is 10.9 Å². The molecule has 1 aromatic heterocycles. The summed E-state index contributed by atoms with van der Waals surface area (Å²) in [6.45, 7) is 11.3. The molecule has 0 aliphatic carbocycles.